The van der Waals surface area contributed by atoms with Crippen molar-refractivity contribution in [2.24, 2.45) is 5.92 Å². The average molecular weight is 668 g/mol. The Labute approximate surface area is 282 Å². The maximum atomic E-state index is 13.1. The molecule has 1 saturated carbocycles. The van der Waals surface area contributed by atoms with Crippen LogP contribution < -0.4 is 25.6 Å². The standard InChI is InChI=1S/C28H39ClN6O3S.C6H7N/c1-5-25(28(38)33-17-19-9-10-19)30-11-12-31-26(36)21-14-22(16-24(15-21)35(4)39-34(2)3)27(37)32-18-20-7-6-8-23(29)13-20;1-6-4-2-3-5-7-6/h6-8,13-16,19,25,30H,5,9-12,17-18H2,1-4H3,(H,31,36)(H,32,37)(H,33,38);2-5H,1H3/t25-;/m0./s1. The van der Waals surface area contributed by atoms with Crippen molar-refractivity contribution in [2.75, 3.05) is 45.1 Å². The van der Waals surface area contributed by atoms with E-state index in [9.17, 15) is 14.4 Å². The summed E-state index contributed by atoms with van der Waals surface area (Å²) in [4.78, 5) is 42.5. The molecule has 248 valence electrons. The first-order valence-electron chi connectivity index (χ1n) is 15.5. The van der Waals surface area contributed by atoms with E-state index < -0.39 is 0 Å². The van der Waals surface area contributed by atoms with Gasteiger partial charge in [0.1, 0.15) is 0 Å². The third kappa shape index (κ3) is 13.4. The summed E-state index contributed by atoms with van der Waals surface area (Å²) in [5.41, 5.74) is 3.42. The van der Waals surface area contributed by atoms with Gasteiger partial charge in [0.05, 0.1) is 6.04 Å². The highest BCUT2D eigenvalue weighted by Crippen LogP contribution is 2.27. The van der Waals surface area contributed by atoms with Crippen LogP contribution in [-0.4, -0.2) is 73.8 Å². The molecule has 1 fully saturated rings. The fourth-order valence-electron chi connectivity index (χ4n) is 4.36. The van der Waals surface area contributed by atoms with Gasteiger partial charge in [0.25, 0.3) is 11.8 Å². The number of anilines is 1. The number of nitrogens with zero attached hydrogens (tertiary/aromatic N) is 3. The minimum Gasteiger partial charge on any atom is -0.354 e. The maximum Gasteiger partial charge on any atom is 0.251 e. The van der Waals surface area contributed by atoms with Crippen molar-refractivity contribution in [3.8, 4) is 0 Å². The van der Waals surface area contributed by atoms with Crippen LogP contribution in [0.4, 0.5) is 5.69 Å². The molecule has 3 aromatic rings. The molecule has 4 N–H and O–H groups in total. The van der Waals surface area contributed by atoms with Crippen molar-refractivity contribution in [3.05, 3.63) is 94.3 Å². The van der Waals surface area contributed by atoms with Crippen LogP contribution >= 0.6 is 23.7 Å². The molecule has 1 aromatic heterocycles. The third-order valence-corrected chi connectivity index (χ3v) is 8.05. The zero-order valence-electron chi connectivity index (χ0n) is 27.3. The highest BCUT2D eigenvalue weighted by atomic mass is 35.5. The second-order valence-electron chi connectivity index (χ2n) is 11.3. The van der Waals surface area contributed by atoms with Crippen LogP contribution in [0.5, 0.6) is 0 Å². The van der Waals surface area contributed by atoms with Crippen molar-refractivity contribution >= 4 is 47.1 Å². The molecule has 0 unspecified atom stereocenters. The number of carbonyl (C=O) groups is 3. The molecule has 0 spiro atoms. The number of aryl methyl sites for hydroxylation is 1. The van der Waals surface area contributed by atoms with E-state index in [1.165, 1.54) is 25.0 Å². The van der Waals surface area contributed by atoms with Crippen LogP contribution in [0, 0.1) is 12.8 Å². The molecule has 3 amide bonds. The summed E-state index contributed by atoms with van der Waals surface area (Å²) in [6.45, 7) is 5.77. The number of aromatic nitrogens is 1. The second-order valence-corrected chi connectivity index (χ2v) is 13.2. The van der Waals surface area contributed by atoms with Crippen LogP contribution in [0.3, 0.4) is 0 Å². The van der Waals surface area contributed by atoms with Gasteiger partial charge >= 0.3 is 0 Å². The van der Waals surface area contributed by atoms with Gasteiger partial charge < -0.3 is 25.6 Å². The molecular formula is C34H46ClN7O3S. The molecule has 1 aliphatic rings. The summed E-state index contributed by atoms with van der Waals surface area (Å²) in [6.07, 6.45) is 4.82. The molecule has 0 aliphatic heterocycles. The first-order chi connectivity index (χ1) is 22.0. The van der Waals surface area contributed by atoms with Crippen molar-refractivity contribution in [1.82, 2.24) is 30.6 Å². The van der Waals surface area contributed by atoms with Gasteiger partial charge in [-0.25, -0.2) is 4.31 Å². The van der Waals surface area contributed by atoms with Crippen LogP contribution in [0.2, 0.25) is 5.02 Å². The number of nitrogens with one attached hydrogen (secondary N) is 4. The van der Waals surface area contributed by atoms with E-state index >= 15 is 0 Å². The summed E-state index contributed by atoms with van der Waals surface area (Å²) < 4.78 is 3.81. The van der Waals surface area contributed by atoms with Gasteiger partial charge in [-0.3, -0.25) is 19.4 Å². The topological polar surface area (TPSA) is 119 Å². The highest BCUT2D eigenvalue weighted by Gasteiger charge is 2.23. The van der Waals surface area contributed by atoms with Crippen LogP contribution in [-0.2, 0) is 11.3 Å². The van der Waals surface area contributed by atoms with E-state index in [0.29, 0.717) is 53.8 Å². The van der Waals surface area contributed by atoms with Crippen LogP contribution in [0.25, 0.3) is 0 Å². The van der Waals surface area contributed by atoms with E-state index in [1.54, 1.807) is 36.5 Å². The van der Waals surface area contributed by atoms with Gasteiger partial charge in [0.2, 0.25) is 5.91 Å². The molecule has 1 heterocycles. The van der Waals surface area contributed by atoms with Crippen molar-refractivity contribution < 1.29 is 14.4 Å². The lowest BCUT2D eigenvalue weighted by Crippen LogP contribution is -2.46. The van der Waals surface area contributed by atoms with E-state index in [1.807, 2.05) is 73.9 Å². The fraction of sp³-hybridized carbons (Fsp3) is 0.412. The number of pyridine rings is 1. The summed E-state index contributed by atoms with van der Waals surface area (Å²) in [6, 6.07) is 18.0. The molecular weight excluding hydrogens is 622 g/mol. The third-order valence-electron chi connectivity index (χ3n) is 7.03. The van der Waals surface area contributed by atoms with Crippen molar-refractivity contribution in [2.45, 2.75) is 45.7 Å². The number of hydrogen-bond donors (Lipinski definition) is 4. The minimum atomic E-state index is -0.296. The van der Waals surface area contributed by atoms with Crippen LogP contribution in [0.1, 0.15) is 58.2 Å². The summed E-state index contributed by atoms with van der Waals surface area (Å²) in [5, 5.41) is 12.6. The first-order valence-corrected chi connectivity index (χ1v) is 16.6. The highest BCUT2D eigenvalue weighted by molar-refractivity contribution is 7.98. The zero-order chi connectivity index (χ0) is 33.5. The monoisotopic (exact) mass is 667 g/mol. The Morgan fingerprint density at radius 1 is 0.935 bits per heavy atom. The number of halogens is 1. The quantitative estimate of drug-likeness (QED) is 0.134. The molecule has 0 saturated heterocycles. The van der Waals surface area contributed by atoms with E-state index in [0.717, 1.165) is 17.8 Å². The predicted octanol–water partition coefficient (Wildman–Crippen LogP) is 4.85. The SMILES string of the molecule is CC[C@H](NCCNC(=O)c1cc(C(=O)NCc2cccc(Cl)c2)cc(N(C)SN(C)C)c1)C(=O)NCC1CC1.Cc1ccccn1. The van der Waals surface area contributed by atoms with E-state index in [-0.39, 0.29) is 23.8 Å². The molecule has 46 heavy (non-hydrogen) atoms. The Morgan fingerprint density at radius 3 is 2.22 bits per heavy atom. The Bertz CT molecular complexity index is 1420. The van der Waals surface area contributed by atoms with Crippen molar-refractivity contribution in [1.29, 1.82) is 0 Å². The number of carbonyl (C=O) groups excluding carboxylic acids is 3. The zero-order valence-corrected chi connectivity index (χ0v) is 28.9. The predicted molar refractivity (Wildman–Crippen MR) is 188 cm³/mol. The molecule has 1 aliphatic carbocycles. The molecule has 4 rings (SSSR count). The van der Waals surface area contributed by atoms with Crippen LogP contribution in [0.15, 0.2) is 66.9 Å². The molecule has 0 radical (unpaired) electrons. The van der Waals surface area contributed by atoms with E-state index in [2.05, 4.69) is 26.3 Å². The number of hydrogen-bond acceptors (Lipinski definition) is 8. The Kier molecular flexibility index (Phi) is 15.3. The Balaban J connectivity index is 0.000000724. The normalized spacial score (nSPS) is 12.8. The van der Waals surface area contributed by atoms with E-state index in [4.69, 9.17) is 11.6 Å². The maximum absolute atomic E-state index is 13.1. The average Bonchev–Trinajstić information content (AvgIpc) is 3.87. The van der Waals surface area contributed by atoms with Crippen molar-refractivity contribution in [3.63, 3.8) is 0 Å². The first kappa shape index (κ1) is 36.8. The largest absolute Gasteiger partial charge is 0.354 e. The van der Waals surface area contributed by atoms with Gasteiger partial charge in [-0.1, -0.05) is 36.7 Å². The molecule has 12 heteroatoms. The van der Waals surface area contributed by atoms with Gasteiger partial charge in [-0.2, -0.15) is 0 Å². The summed E-state index contributed by atoms with van der Waals surface area (Å²) >= 11 is 7.50. The lowest BCUT2D eigenvalue weighted by molar-refractivity contribution is -0.123. The lowest BCUT2D eigenvalue weighted by Gasteiger charge is -2.22. The lowest BCUT2D eigenvalue weighted by atomic mass is 10.1. The smallest absolute Gasteiger partial charge is 0.251 e. The van der Waals surface area contributed by atoms with Gasteiger partial charge in [-0.05, 0) is 94.2 Å². The van der Waals surface area contributed by atoms with Gasteiger partial charge in [0.15, 0.2) is 0 Å². The Morgan fingerprint density at radius 2 is 1.65 bits per heavy atom. The number of benzene rings is 2. The molecule has 10 nitrogen and oxygen atoms in total. The second kappa shape index (κ2) is 19.1. The summed E-state index contributed by atoms with van der Waals surface area (Å²) in [7, 11) is 5.71. The minimum absolute atomic E-state index is 0.00159. The van der Waals surface area contributed by atoms with Gasteiger partial charge in [0, 0.05) is 79.1 Å². The molecule has 1 atom stereocenters. The molecule has 0 bridgehead atoms. The summed E-state index contributed by atoms with van der Waals surface area (Å²) in [5.74, 6) is 0.0367. The number of amides is 3. The fourth-order valence-corrected chi connectivity index (χ4v) is 5.27. The van der Waals surface area contributed by atoms with Gasteiger partial charge in [-0.15, -0.1) is 0 Å². The Hall–Kier alpha value is -3.64. The number of rotatable bonds is 15. The molecule has 2 aromatic carbocycles.